The standard InChI is InChI=1S/C5H10N3O5PS/c6-5(7-15(11,12)13)2-1-3-8(14-10)4(5)9/h7H,1-3,6H2,(H,11,12,13). The monoisotopic (exact) mass is 255 g/mol. The Balaban J connectivity index is 2.92. The predicted molar refractivity (Wildman–Crippen MR) is 50.2 cm³/mol. The number of rotatable bonds is 3. The third kappa shape index (κ3) is 2.93. The van der Waals surface area contributed by atoms with Gasteiger partial charge in [0.2, 0.25) is 0 Å². The fourth-order valence-corrected chi connectivity index (χ4v) is 2.47. The Labute approximate surface area is 87.9 Å². The number of nitrogens with zero attached hydrogens (tertiary/aromatic N) is 1. The molecule has 0 radical (unpaired) electrons. The lowest BCUT2D eigenvalue weighted by Crippen LogP contribution is -2.66. The van der Waals surface area contributed by atoms with Crippen molar-refractivity contribution in [1.82, 2.24) is 9.39 Å². The van der Waals surface area contributed by atoms with Crippen molar-refractivity contribution >= 4 is 24.8 Å². The third-order valence-electron chi connectivity index (χ3n) is 1.97. The number of hydrogen-bond acceptors (Lipinski definition) is 5. The van der Waals surface area contributed by atoms with Crippen LogP contribution in [0.4, 0.5) is 0 Å². The molecule has 0 spiro atoms. The number of nitrogens with one attached hydrogen (secondary N) is 1. The molecule has 0 bridgehead atoms. The minimum atomic E-state index is -4.57. The van der Waals surface area contributed by atoms with E-state index in [1.807, 2.05) is 0 Å². The van der Waals surface area contributed by atoms with E-state index >= 15 is 0 Å². The van der Waals surface area contributed by atoms with Crippen LogP contribution in [0.5, 0.6) is 0 Å². The molecule has 0 saturated carbocycles. The van der Waals surface area contributed by atoms with Crippen molar-refractivity contribution in [2.45, 2.75) is 18.5 Å². The van der Waals surface area contributed by atoms with Crippen LogP contribution >= 0.6 is 8.61 Å². The molecule has 1 aliphatic heterocycles. The first-order chi connectivity index (χ1) is 6.78. The molecule has 8 nitrogen and oxygen atoms in total. The van der Waals surface area contributed by atoms with Crippen LogP contribution < -0.4 is 10.5 Å². The van der Waals surface area contributed by atoms with Crippen LogP contribution in [0.2, 0.25) is 0 Å². The molecule has 15 heavy (non-hydrogen) atoms. The molecule has 1 aliphatic rings. The van der Waals surface area contributed by atoms with E-state index < -0.39 is 30.5 Å². The van der Waals surface area contributed by atoms with Crippen LogP contribution in [-0.2, 0) is 19.7 Å². The molecule has 1 unspecified atom stereocenters. The molecule has 1 amide bonds. The van der Waals surface area contributed by atoms with Gasteiger partial charge >= 0.3 is 10.3 Å². The van der Waals surface area contributed by atoms with E-state index in [2.05, 4.69) is 0 Å². The molecule has 0 aliphatic carbocycles. The van der Waals surface area contributed by atoms with Crippen molar-refractivity contribution in [2.24, 2.45) is 5.73 Å². The highest BCUT2D eigenvalue weighted by molar-refractivity contribution is 7.83. The van der Waals surface area contributed by atoms with E-state index in [0.29, 0.717) is 6.42 Å². The van der Waals surface area contributed by atoms with Crippen molar-refractivity contribution < 1.29 is 22.3 Å². The van der Waals surface area contributed by atoms with Gasteiger partial charge in [0.15, 0.2) is 5.66 Å². The van der Waals surface area contributed by atoms with Gasteiger partial charge in [-0.05, 0) is 12.8 Å². The second-order valence-corrected chi connectivity index (χ2v) is 4.96. The molecular weight excluding hydrogens is 245 g/mol. The molecule has 0 aromatic heterocycles. The summed E-state index contributed by atoms with van der Waals surface area (Å²) in [6, 6.07) is 0. The summed E-state index contributed by atoms with van der Waals surface area (Å²) in [5, 5.41) is 0. The normalized spacial score (nSPS) is 28.4. The van der Waals surface area contributed by atoms with Gasteiger partial charge in [0.05, 0.1) is 0 Å². The topological polar surface area (TPSA) is 130 Å². The van der Waals surface area contributed by atoms with Crippen molar-refractivity contribution in [3.05, 3.63) is 0 Å². The second kappa shape index (κ2) is 4.11. The van der Waals surface area contributed by atoms with Crippen LogP contribution in [0.1, 0.15) is 12.8 Å². The van der Waals surface area contributed by atoms with Crippen LogP contribution in [-0.4, -0.2) is 35.8 Å². The highest BCUT2D eigenvalue weighted by Crippen LogP contribution is 2.23. The lowest BCUT2D eigenvalue weighted by molar-refractivity contribution is -0.135. The van der Waals surface area contributed by atoms with Crippen molar-refractivity contribution in [3.8, 4) is 0 Å². The van der Waals surface area contributed by atoms with E-state index in [9.17, 15) is 17.8 Å². The quantitative estimate of drug-likeness (QED) is 0.332. The molecule has 0 aromatic rings. The Kier molecular flexibility index (Phi) is 3.41. The molecule has 1 saturated heterocycles. The Morgan fingerprint density at radius 3 is 2.67 bits per heavy atom. The van der Waals surface area contributed by atoms with Gasteiger partial charge in [-0.2, -0.15) is 13.1 Å². The lowest BCUT2D eigenvalue weighted by Gasteiger charge is -2.34. The average molecular weight is 255 g/mol. The maximum Gasteiger partial charge on any atom is 0.335 e. The summed E-state index contributed by atoms with van der Waals surface area (Å²) in [6.45, 7) is 0.232. The number of piperidine rings is 1. The van der Waals surface area contributed by atoms with Crippen LogP contribution in [0.3, 0.4) is 0 Å². The molecule has 0 aromatic carbocycles. The van der Waals surface area contributed by atoms with Gasteiger partial charge in [-0.1, -0.05) is 0 Å². The van der Waals surface area contributed by atoms with Crippen LogP contribution in [0.15, 0.2) is 0 Å². The van der Waals surface area contributed by atoms with Gasteiger partial charge in [-0.3, -0.25) is 14.0 Å². The molecule has 86 valence electrons. The Hall–Kier alpha value is -0.600. The molecule has 10 heteroatoms. The van der Waals surface area contributed by atoms with Crippen LogP contribution in [0.25, 0.3) is 0 Å². The Morgan fingerprint density at radius 1 is 1.60 bits per heavy atom. The maximum atomic E-state index is 11.5. The number of carbonyl (C=O) groups is 1. The number of amides is 1. The molecule has 1 atom stereocenters. The zero-order chi connectivity index (χ0) is 11.7. The first-order valence-electron chi connectivity index (χ1n) is 3.99. The SMILES string of the molecule is NC1(NS(=O)(=O)O)CCCN(P=O)C1=O. The lowest BCUT2D eigenvalue weighted by atomic mass is 10.0. The van der Waals surface area contributed by atoms with Gasteiger partial charge in [0.25, 0.3) is 14.5 Å². The van der Waals surface area contributed by atoms with Gasteiger partial charge in [-0.25, -0.2) is 4.57 Å². The van der Waals surface area contributed by atoms with E-state index in [1.54, 1.807) is 4.72 Å². The summed E-state index contributed by atoms with van der Waals surface area (Å²) in [6.07, 6.45) is 0.428. The fraction of sp³-hybridized carbons (Fsp3) is 0.800. The van der Waals surface area contributed by atoms with Gasteiger partial charge in [-0.15, -0.1) is 0 Å². The molecule has 4 N–H and O–H groups in total. The average Bonchev–Trinajstić information content (AvgIpc) is 2.07. The maximum absolute atomic E-state index is 11.5. The first-order valence-corrected chi connectivity index (χ1v) is 6.19. The van der Waals surface area contributed by atoms with E-state index in [0.717, 1.165) is 4.67 Å². The van der Waals surface area contributed by atoms with E-state index in [-0.39, 0.29) is 13.0 Å². The van der Waals surface area contributed by atoms with Crippen molar-refractivity contribution in [2.75, 3.05) is 6.54 Å². The summed E-state index contributed by atoms with van der Waals surface area (Å²) >= 11 is 0. The largest absolute Gasteiger partial charge is 0.335 e. The third-order valence-corrected chi connectivity index (χ3v) is 3.17. The van der Waals surface area contributed by atoms with E-state index in [4.69, 9.17) is 10.3 Å². The highest BCUT2D eigenvalue weighted by Gasteiger charge is 2.43. The highest BCUT2D eigenvalue weighted by atomic mass is 32.2. The fourth-order valence-electron chi connectivity index (χ4n) is 1.35. The zero-order valence-corrected chi connectivity index (χ0v) is 9.29. The summed E-state index contributed by atoms with van der Waals surface area (Å²) < 4.78 is 42.7. The summed E-state index contributed by atoms with van der Waals surface area (Å²) in [5.41, 5.74) is 3.56. The summed E-state index contributed by atoms with van der Waals surface area (Å²) in [4.78, 5) is 11.5. The van der Waals surface area contributed by atoms with E-state index in [1.165, 1.54) is 0 Å². The van der Waals surface area contributed by atoms with Gasteiger partial charge in [0.1, 0.15) is 0 Å². The summed E-state index contributed by atoms with van der Waals surface area (Å²) in [5.74, 6) is -0.831. The number of carbonyl (C=O) groups excluding carboxylic acids is 1. The predicted octanol–water partition coefficient (Wildman–Crippen LogP) is -1.14. The Morgan fingerprint density at radius 2 is 2.20 bits per heavy atom. The summed E-state index contributed by atoms with van der Waals surface area (Å²) in [7, 11) is -5.13. The molecule has 1 fully saturated rings. The van der Waals surface area contributed by atoms with Crippen molar-refractivity contribution in [3.63, 3.8) is 0 Å². The first kappa shape index (κ1) is 12.5. The minimum Gasteiger partial charge on any atom is -0.305 e. The zero-order valence-electron chi connectivity index (χ0n) is 7.58. The van der Waals surface area contributed by atoms with Crippen LogP contribution in [0, 0.1) is 0 Å². The van der Waals surface area contributed by atoms with Gasteiger partial charge in [0, 0.05) is 6.54 Å². The number of hydrogen-bond donors (Lipinski definition) is 3. The molecule has 1 heterocycles. The second-order valence-electron chi connectivity index (χ2n) is 3.16. The molecular formula is C5H10N3O5PS. The van der Waals surface area contributed by atoms with Crippen molar-refractivity contribution in [1.29, 1.82) is 0 Å². The number of nitrogens with two attached hydrogens (primary N) is 1. The van der Waals surface area contributed by atoms with Gasteiger partial charge < -0.3 is 5.73 Å². The Bertz CT molecular complexity index is 384. The molecule has 1 rings (SSSR count). The smallest absolute Gasteiger partial charge is 0.305 e. The minimum absolute atomic E-state index is 0.0393.